The number of hydrogen-bond donors (Lipinski definition) is 1. The van der Waals surface area contributed by atoms with Crippen molar-refractivity contribution in [3.05, 3.63) is 0 Å². The summed E-state index contributed by atoms with van der Waals surface area (Å²) in [7, 11) is 3.88. The predicted molar refractivity (Wildman–Crippen MR) is 110 cm³/mol. The zero-order valence-electron chi connectivity index (χ0n) is 18.1. The van der Waals surface area contributed by atoms with Gasteiger partial charge in [-0.25, -0.2) is 0 Å². The third kappa shape index (κ3) is 4.70. The van der Waals surface area contributed by atoms with Crippen LogP contribution in [0.15, 0.2) is 0 Å². The zero-order chi connectivity index (χ0) is 20.4. The van der Waals surface area contributed by atoms with Crippen LogP contribution in [0.4, 0.5) is 0 Å². The molecule has 2 aliphatic carbocycles. The number of hydrogen-bond acceptors (Lipinski definition) is 6. The second kappa shape index (κ2) is 9.44. The van der Waals surface area contributed by atoms with Crippen molar-refractivity contribution in [3.8, 4) is 0 Å². The molecule has 5 atom stereocenters. The number of rotatable bonds is 5. The Morgan fingerprint density at radius 1 is 0.966 bits per heavy atom. The van der Waals surface area contributed by atoms with E-state index in [4.69, 9.17) is 9.47 Å². The Morgan fingerprint density at radius 3 is 2.45 bits per heavy atom. The van der Waals surface area contributed by atoms with Gasteiger partial charge in [0.25, 0.3) is 0 Å². The summed E-state index contributed by atoms with van der Waals surface area (Å²) < 4.78 is 11.1. The van der Waals surface area contributed by atoms with Gasteiger partial charge in [0.05, 0.1) is 12.0 Å². The average molecular weight is 407 g/mol. The highest BCUT2D eigenvalue weighted by atomic mass is 16.5. The van der Waals surface area contributed by atoms with E-state index in [-0.39, 0.29) is 36.3 Å². The van der Waals surface area contributed by atoms with Crippen LogP contribution in [0.25, 0.3) is 0 Å². The first-order valence-corrected chi connectivity index (χ1v) is 11.7. The molecule has 0 aromatic carbocycles. The molecule has 6 heteroatoms. The number of nitrogens with one attached hydrogen (secondary N) is 1. The fourth-order valence-electron chi connectivity index (χ4n) is 6.44. The van der Waals surface area contributed by atoms with E-state index in [2.05, 4.69) is 17.3 Å². The Hall–Kier alpha value is -0.980. The standard InChI is InChI=1S/C23H38N2O4/c1-25-12-11-20-18(13-25)22(17-5-3-4-6-19(17)24-20)23(27)29-14-21(26)15-7-9-16(28-2)10-8-15/h15-20,22,24H,3-14H2,1-2H3. The molecule has 4 aliphatic rings. The summed E-state index contributed by atoms with van der Waals surface area (Å²) >= 11 is 0. The maximum absolute atomic E-state index is 13.3. The van der Waals surface area contributed by atoms with Crippen LogP contribution < -0.4 is 5.32 Å². The van der Waals surface area contributed by atoms with Crippen LogP contribution in [0.3, 0.4) is 0 Å². The van der Waals surface area contributed by atoms with Gasteiger partial charge in [0.1, 0.15) is 6.61 Å². The van der Waals surface area contributed by atoms with Crippen LogP contribution >= 0.6 is 0 Å². The third-order valence-corrected chi connectivity index (χ3v) is 8.12. The topological polar surface area (TPSA) is 67.9 Å². The SMILES string of the molecule is COC1CCC(C(=O)COC(=O)C2C3CCCCC3NC3CCN(C)CC32)CC1. The Bertz CT molecular complexity index is 589. The third-order valence-electron chi connectivity index (χ3n) is 8.12. The minimum atomic E-state index is -0.118. The zero-order valence-corrected chi connectivity index (χ0v) is 18.1. The molecule has 4 fully saturated rings. The van der Waals surface area contributed by atoms with Gasteiger partial charge in [-0.2, -0.15) is 0 Å². The fourth-order valence-corrected chi connectivity index (χ4v) is 6.44. The van der Waals surface area contributed by atoms with Crippen molar-refractivity contribution in [2.45, 2.75) is 76.0 Å². The van der Waals surface area contributed by atoms with Gasteiger partial charge in [0.2, 0.25) is 0 Å². The quantitative estimate of drug-likeness (QED) is 0.707. The van der Waals surface area contributed by atoms with Crippen LogP contribution in [-0.2, 0) is 19.1 Å². The van der Waals surface area contributed by atoms with Gasteiger partial charge in [-0.15, -0.1) is 0 Å². The number of ether oxygens (including phenoxy) is 2. The smallest absolute Gasteiger partial charge is 0.310 e. The summed E-state index contributed by atoms with van der Waals surface area (Å²) in [5, 5.41) is 3.88. The summed E-state index contributed by atoms with van der Waals surface area (Å²) in [4.78, 5) is 28.3. The highest BCUT2D eigenvalue weighted by Gasteiger charge is 2.50. The van der Waals surface area contributed by atoms with E-state index < -0.39 is 0 Å². The molecular formula is C23H38N2O4. The van der Waals surface area contributed by atoms with Gasteiger partial charge in [0, 0.05) is 37.6 Å². The molecule has 0 amide bonds. The number of carbonyl (C=O) groups is 2. The number of nitrogens with zero attached hydrogens (tertiary/aromatic N) is 1. The molecule has 0 radical (unpaired) electrons. The highest BCUT2D eigenvalue weighted by Crippen LogP contribution is 2.42. The molecule has 0 aromatic heterocycles. The molecular weight excluding hydrogens is 368 g/mol. The van der Waals surface area contributed by atoms with Crippen molar-refractivity contribution in [1.29, 1.82) is 0 Å². The van der Waals surface area contributed by atoms with Gasteiger partial charge in [0.15, 0.2) is 5.78 Å². The minimum Gasteiger partial charge on any atom is -0.457 e. The van der Waals surface area contributed by atoms with Crippen LogP contribution in [-0.4, -0.2) is 68.7 Å². The number of methoxy groups -OCH3 is 1. The summed E-state index contributed by atoms with van der Waals surface area (Å²) in [5.74, 6) is 0.598. The monoisotopic (exact) mass is 406 g/mol. The van der Waals surface area contributed by atoms with Crippen molar-refractivity contribution < 1.29 is 19.1 Å². The molecule has 0 aromatic rings. The number of fused-ring (bicyclic) bond motifs is 2. The second-order valence-electron chi connectivity index (χ2n) is 9.85. The lowest BCUT2D eigenvalue weighted by atomic mass is 9.64. The Morgan fingerprint density at radius 2 is 1.69 bits per heavy atom. The van der Waals surface area contributed by atoms with Crippen LogP contribution in [0, 0.1) is 23.7 Å². The maximum Gasteiger partial charge on any atom is 0.310 e. The van der Waals surface area contributed by atoms with E-state index in [1.54, 1.807) is 7.11 Å². The lowest BCUT2D eigenvalue weighted by molar-refractivity contribution is -0.162. The molecule has 0 spiro atoms. The molecule has 164 valence electrons. The lowest BCUT2D eigenvalue weighted by Crippen LogP contribution is -2.64. The Balaban J connectivity index is 1.38. The Labute approximate surface area is 175 Å². The van der Waals surface area contributed by atoms with Crippen molar-refractivity contribution in [1.82, 2.24) is 10.2 Å². The number of likely N-dealkylation sites (tertiary alicyclic amines) is 1. The minimum absolute atomic E-state index is 0.0261. The number of carbonyl (C=O) groups excluding carboxylic acids is 2. The van der Waals surface area contributed by atoms with E-state index in [0.717, 1.165) is 58.0 Å². The molecule has 6 nitrogen and oxygen atoms in total. The average Bonchev–Trinajstić information content (AvgIpc) is 2.75. The first kappa shape index (κ1) is 21.3. The van der Waals surface area contributed by atoms with Crippen LogP contribution in [0.2, 0.25) is 0 Å². The maximum atomic E-state index is 13.3. The first-order valence-electron chi connectivity index (χ1n) is 11.7. The molecule has 2 heterocycles. The van der Waals surface area contributed by atoms with E-state index in [1.807, 2.05) is 0 Å². The van der Waals surface area contributed by atoms with Crippen molar-refractivity contribution in [2.75, 3.05) is 33.9 Å². The summed E-state index contributed by atoms with van der Waals surface area (Å²) in [6, 6.07) is 0.842. The van der Waals surface area contributed by atoms with Crippen molar-refractivity contribution in [3.63, 3.8) is 0 Å². The number of esters is 1. The number of Topliss-reactive ketones (excluding diaryl/α,β-unsaturated/α-hetero) is 1. The van der Waals surface area contributed by atoms with Gasteiger partial charge in [-0.1, -0.05) is 12.8 Å². The summed E-state index contributed by atoms with van der Waals surface area (Å²) in [6.07, 6.45) is 9.62. The van der Waals surface area contributed by atoms with Gasteiger partial charge in [-0.05, 0) is 64.5 Å². The summed E-state index contributed by atoms with van der Waals surface area (Å²) in [6.45, 7) is 1.97. The molecule has 2 saturated heterocycles. The molecule has 1 N–H and O–H groups in total. The molecule has 5 unspecified atom stereocenters. The van der Waals surface area contributed by atoms with Crippen molar-refractivity contribution >= 4 is 11.8 Å². The highest BCUT2D eigenvalue weighted by molar-refractivity contribution is 5.85. The Kier molecular flexibility index (Phi) is 6.92. The van der Waals surface area contributed by atoms with Crippen LogP contribution in [0.5, 0.6) is 0 Å². The van der Waals surface area contributed by atoms with Gasteiger partial charge in [-0.3, -0.25) is 9.59 Å². The van der Waals surface area contributed by atoms with E-state index >= 15 is 0 Å². The molecule has 4 rings (SSSR count). The lowest BCUT2D eigenvalue weighted by Gasteiger charge is -2.52. The summed E-state index contributed by atoms with van der Waals surface area (Å²) in [5.41, 5.74) is 0. The van der Waals surface area contributed by atoms with E-state index in [1.165, 1.54) is 12.8 Å². The van der Waals surface area contributed by atoms with Crippen LogP contribution in [0.1, 0.15) is 57.8 Å². The molecule has 2 saturated carbocycles. The van der Waals surface area contributed by atoms with E-state index in [0.29, 0.717) is 23.9 Å². The molecule has 29 heavy (non-hydrogen) atoms. The first-order chi connectivity index (χ1) is 14.1. The second-order valence-corrected chi connectivity index (χ2v) is 9.85. The number of piperidine rings is 2. The van der Waals surface area contributed by atoms with Gasteiger partial charge < -0.3 is 19.7 Å². The van der Waals surface area contributed by atoms with Gasteiger partial charge >= 0.3 is 5.97 Å². The fraction of sp³-hybridized carbons (Fsp3) is 0.913. The largest absolute Gasteiger partial charge is 0.457 e. The molecule has 2 aliphatic heterocycles. The van der Waals surface area contributed by atoms with Crippen molar-refractivity contribution in [2.24, 2.45) is 23.7 Å². The van der Waals surface area contributed by atoms with E-state index in [9.17, 15) is 9.59 Å². The number of ketones is 1. The molecule has 0 bridgehead atoms. The normalized spacial score (nSPS) is 40.6. The predicted octanol–water partition coefficient (Wildman–Crippen LogP) is 2.40.